The second-order valence-electron chi connectivity index (χ2n) is 6.00. The van der Waals surface area contributed by atoms with Crippen molar-refractivity contribution in [2.45, 2.75) is 0 Å². The summed E-state index contributed by atoms with van der Waals surface area (Å²) in [5, 5.41) is 1.05. The van der Waals surface area contributed by atoms with Gasteiger partial charge < -0.3 is 4.42 Å². The Balaban J connectivity index is 1.62. The molecule has 0 N–H and O–H groups in total. The van der Waals surface area contributed by atoms with Gasteiger partial charge in [0.05, 0.1) is 0 Å². The van der Waals surface area contributed by atoms with Crippen molar-refractivity contribution in [1.82, 2.24) is 14.4 Å². The molecule has 0 saturated heterocycles. The first kappa shape index (κ1) is 17.9. The van der Waals surface area contributed by atoms with Gasteiger partial charge in [-0.05, 0) is 52.3 Å². The Morgan fingerprint density at radius 1 is 1.14 bits per heavy atom. The van der Waals surface area contributed by atoms with Gasteiger partial charge in [-0.15, -0.1) is 0 Å². The molecular formula is C19H8BrCl2N3O2S. The molecule has 0 atom stereocenters. The van der Waals surface area contributed by atoms with E-state index in [2.05, 4.69) is 25.9 Å². The van der Waals surface area contributed by atoms with Crippen molar-refractivity contribution in [2.75, 3.05) is 0 Å². The van der Waals surface area contributed by atoms with Crippen LogP contribution in [0.25, 0.3) is 33.5 Å². The summed E-state index contributed by atoms with van der Waals surface area (Å²) in [5.41, 5.74) is 1.79. The third-order valence-corrected chi connectivity index (χ3v) is 5.93. The maximum atomic E-state index is 12.8. The summed E-state index contributed by atoms with van der Waals surface area (Å²) in [6.07, 6.45) is 3.34. The summed E-state index contributed by atoms with van der Waals surface area (Å²) in [7, 11) is 0. The molecule has 0 aliphatic carbocycles. The zero-order valence-electron chi connectivity index (χ0n) is 13.8. The molecular weight excluding hydrogens is 485 g/mol. The second-order valence-corrected chi connectivity index (χ2v) is 8.80. The lowest BCUT2D eigenvalue weighted by atomic mass is 10.2. The van der Waals surface area contributed by atoms with E-state index >= 15 is 0 Å². The van der Waals surface area contributed by atoms with Crippen LogP contribution in [0.4, 0.5) is 0 Å². The number of hydrogen-bond acceptors (Lipinski definition) is 5. The number of nitrogens with zero attached hydrogens (tertiary/aromatic N) is 3. The average molecular weight is 493 g/mol. The van der Waals surface area contributed by atoms with Gasteiger partial charge in [-0.3, -0.25) is 4.79 Å². The lowest BCUT2D eigenvalue weighted by Crippen LogP contribution is -2.22. The van der Waals surface area contributed by atoms with Crippen LogP contribution in [-0.4, -0.2) is 14.4 Å². The summed E-state index contributed by atoms with van der Waals surface area (Å²) in [6.45, 7) is 0. The third kappa shape index (κ3) is 3.04. The van der Waals surface area contributed by atoms with Crippen LogP contribution in [0, 0.1) is 0 Å². The number of aromatic nitrogens is 3. The smallest absolute Gasteiger partial charge is 0.276 e. The van der Waals surface area contributed by atoms with E-state index in [0.29, 0.717) is 42.2 Å². The molecule has 4 heterocycles. The maximum Gasteiger partial charge on any atom is 0.276 e. The Labute approximate surface area is 180 Å². The standard InChI is InChI=1S/C19H8BrCl2N3O2S/c20-10-5-14-17(23-8-10)25-18(26)16(28-19(25)24-14)7-13-1-2-15(27-13)9-3-11(21)6-12(22)4-9/h1-8H. The van der Waals surface area contributed by atoms with Gasteiger partial charge in [0.1, 0.15) is 21.6 Å². The summed E-state index contributed by atoms with van der Waals surface area (Å²) < 4.78 is 8.70. The molecule has 5 rings (SSSR count). The molecule has 4 aromatic heterocycles. The fraction of sp³-hybridized carbons (Fsp3) is 0. The first-order valence-corrected chi connectivity index (χ1v) is 10.4. The van der Waals surface area contributed by atoms with Gasteiger partial charge in [-0.2, -0.15) is 0 Å². The lowest BCUT2D eigenvalue weighted by Gasteiger charge is -1.99. The highest BCUT2D eigenvalue weighted by molar-refractivity contribution is 9.10. The average Bonchev–Trinajstić information content (AvgIpc) is 3.30. The summed E-state index contributed by atoms with van der Waals surface area (Å²) in [6, 6.07) is 10.6. The number of halogens is 3. The van der Waals surface area contributed by atoms with Crippen molar-refractivity contribution in [3.05, 3.63) is 77.8 Å². The number of hydrogen-bond donors (Lipinski definition) is 0. The number of benzene rings is 1. The Morgan fingerprint density at radius 2 is 1.93 bits per heavy atom. The first-order chi connectivity index (χ1) is 13.5. The molecule has 1 aromatic carbocycles. The van der Waals surface area contributed by atoms with E-state index < -0.39 is 0 Å². The summed E-state index contributed by atoms with van der Waals surface area (Å²) in [4.78, 5) is 22.2. The van der Waals surface area contributed by atoms with Crippen molar-refractivity contribution < 1.29 is 4.42 Å². The van der Waals surface area contributed by atoms with Gasteiger partial charge in [0, 0.05) is 32.4 Å². The minimum absolute atomic E-state index is 0.180. The SMILES string of the molecule is O=c1c(=Cc2ccc(-c3cc(Cl)cc(Cl)c3)o2)sc2nc3cc(Br)cnc3n12. The molecule has 0 saturated carbocycles. The lowest BCUT2D eigenvalue weighted by molar-refractivity contribution is 0.571. The fourth-order valence-electron chi connectivity index (χ4n) is 2.93. The van der Waals surface area contributed by atoms with Crippen LogP contribution < -0.4 is 10.1 Å². The van der Waals surface area contributed by atoms with E-state index in [1.165, 1.54) is 15.7 Å². The molecule has 0 aliphatic rings. The molecule has 0 amide bonds. The molecule has 28 heavy (non-hydrogen) atoms. The highest BCUT2D eigenvalue weighted by Gasteiger charge is 2.13. The van der Waals surface area contributed by atoms with Gasteiger partial charge in [-0.25, -0.2) is 14.4 Å². The zero-order chi connectivity index (χ0) is 19.4. The van der Waals surface area contributed by atoms with Crippen LogP contribution in [0.1, 0.15) is 5.76 Å². The third-order valence-electron chi connectivity index (χ3n) is 4.10. The van der Waals surface area contributed by atoms with Crippen LogP contribution in [0.15, 0.2) is 56.3 Å². The minimum atomic E-state index is -0.180. The van der Waals surface area contributed by atoms with Crippen LogP contribution >= 0.6 is 50.5 Å². The van der Waals surface area contributed by atoms with Crippen molar-refractivity contribution >= 4 is 72.7 Å². The molecule has 0 spiro atoms. The minimum Gasteiger partial charge on any atom is -0.457 e. The van der Waals surface area contributed by atoms with E-state index in [-0.39, 0.29) is 5.56 Å². The Bertz CT molecular complexity index is 1470. The number of furan rings is 1. The molecule has 5 aromatic rings. The Morgan fingerprint density at radius 3 is 2.71 bits per heavy atom. The largest absolute Gasteiger partial charge is 0.457 e. The number of rotatable bonds is 2. The van der Waals surface area contributed by atoms with Crippen molar-refractivity contribution in [2.24, 2.45) is 0 Å². The van der Waals surface area contributed by atoms with Crippen LogP contribution in [-0.2, 0) is 0 Å². The van der Waals surface area contributed by atoms with E-state index in [1.54, 1.807) is 36.5 Å². The number of thiazole rings is 1. The topological polar surface area (TPSA) is 60.4 Å². The van der Waals surface area contributed by atoms with Crippen molar-refractivity contribution in [3.8, 4) is 11.3 Å². The predicted molar refractivity (Wildman–Crippen MR) is 115 cm³/mol. The van der Waals surface area contributed by atoms with E-state index in [4.69, 9.17) is 27.6 Å². The first-order valence-electron chi connectivity index (χ1n) is 8.02. The van der Waals surface area contributed by atoms with Gasteiger partial charge >= 0.3 is 0 Å². The molecule has 0 radical (unpaired) electrons. The van der Waals surface area contributed by atoms with Gasteiger partial charge in [0.15, 0.2) is 10.6 Å². The van der Waals surface area contributed by atoms with Crippen molar-refractivity contribution in [3.63, 3.8) is 0 Å². The molecule has 9 heteroatoms. The molecule has 5 nitrogen and oxygen atoms in total. The van der Waals surface area contributed by atoms with Gasteiger partial charge in [0.2, 0.25) is 0 Å². The number of fused-ring (bicyclic) bond motifs is 3. The summed E-state index contributed by atoms with van der Waals surface area (Å²) in [5.74, 6) is 1.16. The van der Waals surface area contributed by atoms with E-state index in [9.17, 15) is 4.79 Å². The van der Waals surface area contributed by atoms with Crippen LogP contribution in [0.3, 0.4) is 0 Å². The predicted octanol–water partition coefficient (Wildman–Crippen LogP) is 5.18. The fourth-order valence-corrected chi connectivity index (χ4v) is 4.73. The van der Waals surface area contributed by atoms with Gasteiger partial charge in [-0.1, -0.05) is 34.5 Å². The molecule has 0 unspecified atom stereocenters. The van der Waals surface area contributed by atoms with Crippen LogP contribution in [0.2, 0.25) is 10.0 Å². The highest BCUT2D eigenvalue weighted by atomic mass is 79.9. The Hall–Kier alpha value is -2.19. The zero-order valence-corrected chi connectivity index (χ0v) is 17.7. The number of pyridine rings is 1. The monoisotopic (exact) mass is 491 g/mol. The van der Waals surface area contributed by atoms with Crippen molar-refractivity contribution in [1.29, 1.82) is 0 Å². The molecule has 0 bridgehead atoms. The highest BCUT2D eigenvalue weighted by Crippen LogP contribution is 2.28. The maximum absolute atomic E-state index is 12.8. The molecule has 0 fully saturated rings. The molecule has 0 aliphatic heterocycles. The van der Waals surface area contributed by atoms with E-state index in [1.807, 2.05) is 12.1 Å². The Kier molecular flexibility index (Phi) is 4.28. The quantitative estimate of drug-likeness (QED) is 0.340. The second kappa shape index (κ2) is 6.70. The normalized spacial score (nSPS) is 12.5. The molecule has 138 valence electrons. The van der Waals surface area contributed by atoms with Crippen LogP contribution in [0.5, 0.6) is 0 Å². The number of imidazole rings is 1. The van der Waals surface area contributed by atoms with Gasteiger partial charge in [0.25, 0.3) is 5.56 Å². The van der Waals surface area contributed by atoms with E-state index in [0.717, 1.165) is 10.0 Å². The summed E-state index contributed by atoms with van der Waals surface area (Å²) >= 11 is 16.8.